The summed E-state index contributed by atoms with van der Waals surface area (Å²) in [5.74, 6) is 0. The van der Waals surface area contributed by atoms with E-state index in [9.17, 15) is 0 Å². The fraction of sp³-hybridized carbons (Fsp3) is 0.118. The third-order valence-electron chi connectivity index (χ3n) is 3.03. The molecule has 3 rings (SSSR count). The molecule has 2 heterocycles. The van der Waals surface area contributed by atoms with E-state index in [4.69, 9.17) is 5.26 Å². The van der Waals surface area contributed by atoms with Crippen LogP contribution in [0.1, 0.15) is 11.3 Å². The monoisotopic (exact) mass is 276 g/mol. The molecule has 0 spiro atoms. The number of pyridine rings is 1. The molecule has 0 aliphatic carbocycles. The van der Waals surface area contributed by atoms with Crippen LogP contribution in [0, 0.1) is 25.7 Å². The van der Waals surface area contributed by atoms with Gasteiger partial charge in [-0.15, -0.1) is 0 Å². The fourth-order valence-corrected chi connectivity index (χ4v) is 2.07. The van der Waals surface area contributed by atoms with Crippen molar-refractivity contribution in [3.05, 3.63) is 66.1 Å². The summed E-state index contributed by atoms with van der Waals surface area (Å²) in [6, 6.07) is 14.3. The highest BCUT2D eigenvalue weighted by molar-refractivity contribution is 5.57. The standard InChI is InChI=1S/C16H15N3.CHN/c1-12-5-3-7-15(9-12)19-11-14(10-17-19)16-8-4-6-13(2)18-16;1-2/h3-11H,1-2H3;1H. The van der Waals surface area contributed by atoms with Crippen molar-refractivity contribution in [1.29, 1.82) is 5.26 Å². The lowest BCUT2D eigenvalue weighted by atomic mass is 10.2. The van der Waals surface area contributed by atoms with E-state index in [0.29, 0.717) is 0 Å². The van der Waals surface area contributed by atoms with Crippen LogP contribution < -0.4 is 0 Å². The zero-order valence-electron chi connectivity index (χ0n) is 12.1. The molecule has 2 aromatic heterocycles. The van der Waals surface area contributed by atoms with E-state index in [0.717, 1.165) is 22.6 Å². The zero-order chi connectivity index (χ0) is 15.2. The molecule has 0 radical (unpaired) electrons. The third-order valence-corrected chi connectivity index (χ3v) is 3.03. The van der Waals surface area contributed by atoms with Crippen molar-refractivity contribution in [1.82, 2.24) is 14.8 Å². The maximum Gasteiger partial charge on any atom is 0.0736 e. The number of hydrogen-bond donors (Lipinski definition) is 0. The number of benzene rings is 1. The Labute approximate surface area is 124 Å². The predicted molar refractivity (Wildman–Crippen MR) is 82.9 cm³/mol. The summed E-state index contributed by atoms with van der Waals surface area (Å²) >= 11 is 0. The Kier molecular flexibility index (Phi) is 4.47. The van der Waals surface area contributed by atoms with Crippen molar-refractivity contribution in [3.8, 4) is 23.5 Å². The first kappa shape index (κ1) is 14.5. The van der Waals surface area contributed by atoms with Crippen LogP contribution >= 0.6 is 0 Å². The maximum atomic E-state index is 6.50. The quantitative estimate of drug-likeness (QED) is 0.717. The van der Waals surface area contributed by atoms with Crippen LogP contribution in [-0.2, 0) is 0 Å². The summed E-state index contributed by atoms with van der Waals surface area (Å²) in [5.41, 5.74) is 5.30. The Balaban J connectivity index is 0.000000774. The van der Waals surface area contributed by atoms with E-state index < -0.39 is 0 Å². The topological polar surface area (TPSA) is 54.5 Å². The van der Waals surface area contributed by atoms with Gasteiger partial charge in [-0.25, -0.2) is 9.94 Å². The predicted octanol–water partition coefficient (Wildman–Crippen LogP) is 3.69. The molecule has 0 bridgehead atoms. The third kappa shape index (κ3) is 3.34. The van der Waals surface area contributed by atoms with Crippen LogP contribution in [0.4, 0.5) is 0 Å². The Bertz CT molecular complexity index is 696. The summed E-state index contributed by atoms with van der Waals surface area (Å²) in [6.45, 7) is 7.57. The van der Waals surface area contributed by atoms with E-state index in [1.807, 2.05) is 54.3 Å². The SMILES string of the molecule is C#N.Cc1cccc(-n2cc(-c3cccc(C)n3)cn2)c1. The van der Waals surface area contributed by atoms with Crippen LogP contribution in [0.15, 0.2) is 54.9 Å². The number of aryl methyl sites for hydroxylation is 2. The van der Waals surface area contributed by atoms with E-state index in [1.165, 1.54) is 5.56 Å². The minimum absolute atomic E-state index is 0.957. The number of hydrogen-bond acceptors (Lipinski definition) is 3. The molecule has 0 fully saturated rings. The molecule has 21 heavy (non-hydrogen) atoms. The van der Waals surface area contributed by atoms with Crippen molar-refractivity contribution in [2.45, 2.75) is 13.8 Å². The van der Waals surface area contributed by atoms with Crippen molar-refractivity contribution in [2.24, 2.45) is 0 Å². The lowest BCUT2D eigenvalue weighted by Gasteiger charge is -2.02. The number of nitrogens with zero attached hydrogens (tertiary/aromatic N) is 4. The molecule has 0 aliphatic heterocycles. The van der Waals surface area contributed by atoms with Crippen molar-refractivity contribution in [2.75, 3.05) is 0 Å². The van der Waals surface area contributed by atoms with Crippen LogP contribution in [0.25, 0.3) is 16.9 Å². The largest absolute Gasteiger partial charge is 0.253 e. The van der Waals surface area contributed by atoms with Gasteiger partial charge >= 0.3 is 0 Å². The van der Waals surface area contributed by atoms with Gasteiger partial charge in [-0.1, -0.05) is 18.2 Å². The Morgan fingerprint density at radius 2 is 1.81 bits per heavy atom. The Morgan fingerprint density at radius 1 is 1.05 bits per heavy atom. The minimum atomic E-state index is 0.957. The van der Waals surface area contributed by atoms with Gasteiger partial charge in [0.15, 0.2) is 0 Å². The van der Waals surface area contributed by atoms with Crippen molar-refractivity contribution < 1.29 is 0 Å². The van der Waals surface area contributed by atoms with Gasteiger partial charge in [0.2, 0.25) is 0 Å². The fourth-order valence-electron chi connectivity index (χ4n) is 2.07. The van der Waals surface area contributed by atoms with E-state index in [1.54, 1.807) is 0 Å². The molecule has 0 saturated carbocycles. The molecule has 4 heteroatoms. The minimum Gasteiger partial charge on any atom is -0.253 e. The number of aromatic nitrogens is 3. The van der Waals surface area contributed by atoms with Crippen LogP contribution in [0.2, 0.25) is 0 Å². The number of rotatable bonds is 2. The van der Waals surface area contributed by atoms with Gasteiger partial charge in [0.1, 0.15) is 0 Å². The molecule has 0 amide bonds. The normalized spacial score (nSPS) is 9.71. The van der Waals surface area contributed by atoms with Crippen LogP contribution in [0.3, 0.4) is 0 Å². The average molecular weight is 276 g/mol. The van der Waals surface area contributed by atoms with Gasteiger partial charge in [0.05, 0.1) is 17.6 Å². The van der Waals surface area contributed by atoms with Crippen molar-refractivity contribution >= 4 is 0 Å². The molecular formula is C17H16N4. The van der Waals surface area contributed by atoms with Gasteiger partial charge in [0.25, 0.3) is 0 Å². The molecule has 0 saturated heterocycles. The second-order valence-electron chi connectivity index (χ2n) is 4.68. The molecular weight excluding hydrogens is 260 g/mol. The van der Waals surface area contributed by atoms with E-state index in [-0.39, 0.29) is 0 Å². The van der Waals surface area contributed by atoms with E-state index >= 15 is 0 Å². The van der Waals surface area contributed by atoms with Crippen LogP contribution in [-0.4, -0.2) is 14.8 Å². The van der Waals surface area contributed by atoms with Gasteiger partial charge < -0.3 is 0 Å². The summed E-state index contributed by atoms with van der Waals surface area (Å²) in [6.07, 6.45) is 3.86. The molecule has 104 valence electrons. The molecule has 1 aromatic carbocycles. The molecule has 3 aromatic rings. The second-order valence-corrected chi connectivity index (χ2v) is 4.68. The first-order valence-electron chi connectivity index (χ1n) is 6.54. The smallest absolute Gasteiger partial charge is 0.0736 e. The molecule has 4 nitrogen and oxygen atoms in total. The summed E-state index contributed by atoms with van der Waals surface area (Å²) < 4.78 is 1.88. The summed E-state index contributed by atoms with van der Waals surface area (Å²) in [5, 5.41) is 10.9. The average Bonchev–Trinajstić information content (AvgIpc) is 2.99. The maximum absolute atomic E-state index is 6.50. The zero-order valence-corrected chi connectivity index (χ0v) is 12.1. The van der Waals surface area contributed by atoms with Crippen molar-refractivity contribution in [3.63, 3.8) is 0 Å². The van der Waals surface area contributed by atoms with Gasteiger partial charge in [-0.05, 0) is 43.7 Å². The molecule has 0 N–H and O–H groups in total. The highest BCUT2D eigenvalue weighted by Gasteiger charge is 2.04. The van der Waals surface area contributed by atoms with Gasteiger partial charge in [-0.3, -0.25) is 4.98 Å². The highest BCUT2D eigenvalue weighted by Crippen LogP contribution is 2.18. The summed E-state index contributed by atoms with van der Waals surface area (Å²) in [7, 11) is 0. The molecule has 0 unspecified atom stereocenters. The highest BCUT2D eigenvalue weighted by atomic mass is 15.3. The number of nitriles is 1. The lowest BCUT2D eigenvalue weighted by molar-refractivity contribution is 0.879. The Morgan fingerprint density at radius 3 is 2.52 bits per heavy atom. The Hall–Kier alpha value is -2.93. The van der Waals surface area contributed by atoms with Crippen LogP contribution in [0.5, 0.6) is 0 Å². The molecule has 0 aliphatic rings. The lowest BCUT2D eigenvalue weighted by Crippen LogP contribution is -1.93. The first-order chi connectivity index (χ1) is 10.2. The van der Waals surface area contributed by atoms with Gasteiger partial charge in [-0.2, -0.15) is 5.10 Å². The molecule has 0 atom stereocenters. The first-order valence-corrected chi connectivity index (χ1v) is 6.54. The van der Waals surface area contributed by atoms with E-state index in [2.05, 4.69) is 35.7 Å². The second kappa shape index (κ2) is 6.49. The van der Waals surface area contributed by atoms with Gasteiger partial charge in [0, 0.05) is 24.0 Å². The summed E-state index contributed by atoms with van der Waals surface area (Å²) in [4.78, 5) is 4.51.